The third-order valence-corrected chi connectivity index (χ3v) is 3.09. The molecule has 0 unspecified atom stereocenters. The first-order valence-electron chi connectivity index (χ1n) is 7.24. The maximum atomic E-state index is 11.7. The van der Waals surface area contributed by atoms with Crippen molar-refractivity contribution in [2.45, 2.75) is 12.8 Å². The second kappa shape index (κ2) is 8.62. The van der Waals surface area contributed by atoms with Gasteiger partial charge >= 0.3 is 5.97 Å². The number of hydrogen-bond acceptors (Lipinski definition) is 3. The number of amides is 1. The van der Waals surface area contributed by atoms with E-state index in [1.54, 1.807) is 0 Å². The van der Waals surface area contributed by atoms with E-state index < -0.39 is 0 Å². The van der Waals surface area contributed by atoms with Crippen LogP contribution in [0.25, 0.3) is 0 Å². The summed E-state index contributed by atoms with van der Waals surface area (Å²) in [5.74, 6) is -0.367. The molecule has 22 heavy (non-hydrogen) atoms. The Morgan fingerprint density at radius 3 is 1.95 bits per heavy atom. The lowest BCUT2D eigenvalue weighted by Gasteiger charge is -2.07. The van der Waals surface area contributed by atoms with Gasteiger partial charge in [0.05, 0.1) is 19.4 Å². The molecule has 4 nitrogen and oxygen atoms in total. The molecule has 0 aliphatic carbocycles. The van der Waals surface area contributed by atoms with Crippen molar-refractivity contribution in [2.75, 3.05) is 13.2 Å². The normalized spacial score (nSPS) is 10.0. The van der Waals surface area contributed by atoms with Crippen molar-refractivity contribution in [2.24, 2.45) is 0 Å². The summed E-state index contributed by atoms with van der Waals surface area (Å²) in [5.41, 5.74) is 1.88. The molecule has 0 heterocycles. The zero-order chi connectivity index (χ0) is 15.6. The highest BCUT2D eigenvalue weighted by Gasteiger charge is 2.05. The lowest BCUT2D eigenvalue weighted by Crippen LogP contribution is -2.29. The van der Waals surface area contributed by atoms with Crippen molar-refractivity contribution in [3.05, 3.63) is 71.8 Å². The molecule has 1 amide bonds. The fourth-order valence-electron chi connectivity index (χ4n) is 2.01. The topological polar surface area (TPSA) is 55.4 Å². The predicted molar refractivity (Wildman–Crippen MR) is 84.3 cm³/mol. The highest BCUT2D eigenvalue weighted by molar-refractivity contribution is 5.78. The second-order valence-corrected chi connectivity index (χ2v) is 4.90. The summed E-state index contributed by atoms with van der Waals surface area (Å²) in [6, 6.07) is 18.9. The Morgan fingerprint density at radius 1 is 0.818 bits per heavy atom. The van der Waals surface area contributed by atoms with Crippen LogP contribution in [0.1, 0.15) is 11.1 Å². The van der Waals surface area contributed by atoms with Gasteiger partial charge in [0.2, 0.25) is 5.91 Å². The van der Waals surface area contributed by atoms with Gasteiger partial charge in [0.25, 0.3) is 0 Å². The molecular formula is C18H19NO3. The SMILES string of the molecule is O=C(Cc1ccccc1)NCCOC(=O)Cc1ccccc1. The molecule has 0 saturated carbocycles. The molecule has 0 bridgehead atoms. The molecule has 0 fully saturated rings. The summed E-state index contributed by atoms with van der Waals surface area (Å²) in [4.78, 5) is 23.3. The number of hydrogen-bond donors (Lipinski definition) is 1. The summed E-state index contributed by atoms with van der Waals surface area (Å²) < 4.78 is 5.09. The molecule has 4 heteroatoms. The summed E-state index contributed by atoms with van der Waals surface area (Å²) in [5, 5.41) is 2.73. The van der Waals surface area contributed by atoms with Crippen LogP contribution in [0.3, 0.4) is 0 Å². The van der Waals surface area contributed by atoms with Gasteiger partial charge in [-0.2, -0.15) is 0 Å². The van der Waals surface area contributed by atoms with Crippen molar-refractivity contribution in [3.63, 3.8) is 0 Å². The molecular weight excluding hydrogens is 278 g/mol. The zero-order valence-corrected chi connectivity index (χ0v) is 12.3. The minimum absolute atomic E-state index is 0.0784. The number of rotatable bonds is 7. The van der Waals surface area contributed by atoms with E-state index in [1.165, 1.54) is 0 Å². The Balaban J connectivity index is 1.60. The van der Waals surface area contributed by atoms with Crippen molar-refractivity contribution in [1.82, 2.24) is 5.32 Å². The Morgan fingerprint density at radius 2 is 1.36 bits per heavy atom. The summed E-state index contributed by atoms with van der Waals surface area (Å²) in [6.45, 7) is 0.512. The smallest absolute Gasteiger partial charge is 0.310 e. The van der Waals surface area contributed by atoms with Crippen LogP contribution >= 0.6 is 0 Å². The van der Waals surface area contributed by atoms with Gasteiger partial charge < -0.3 is 10.1 Å². The van der Waals surface area contributed by atoms with Crippen LogP contribution in [-0.4, -0.2) is 25.0 Å². The van der Waals surface area contributed by atoms with Gasteiger partial charge in [-0.15, -0.1) is 0 Å². The molecule has 0 atom stereocenters. The quantitative estimate of drug-likeness (QED) is 0.629. The molecule has 114 valence electrons. The van der Waals surface area contributed by atoms with Crippen molar-refractivity contribution < 1.29 is 14.3 Å². The third kappa shape index (κ3) is 5.79. The van der Waals surface area contributed by atoms with E-state index in [9.17, 15) is 9.59 Å². The monoisotopic (exact) mass is 297 g/mol. The van der Waals surface area contributed by atoms with Crippen LogP contribution in [0.15, 0.2) is 60.7 Å². The van der Waals surface area contributed by atoms with Gasteiger partial charge in [-0.1, -0.05) is 60.7 Å². The van der Waals surface area contributed by atoms with E-state index >= 15 is 0 Å². The molecule has 1 N–H and O–H groups in total. The highest BCUT2D eigenvalue weighted by atomic mass is 16.5. The summed E-state index contributed by atoms with van der Waals surface area (Å²) >= 11 is 0. The van der Waals surface area contributed by atoms with Crippen LogP contribution in [0, 0.1) is 0 Å². The van der Waals surface area contributed by atoms with Crippen LogP contribution in [0.5, 0.6) is 0 Å². The van der Waals surface area contributed by atoms with E-state index in [0.717, 1.165) is 11.1 Å². The van der Waals surface area contributed by atoms with E-state index in [1.807, 2.05) is 60.7 Å². The van der Waals surface area contributed by atoms with Gasteiger partial charge in [-0.3, -0.25) is 9.59 Å². The van der Waals surface area contributed by atoms with E-state index in [0.29, 0.717) is 13.0 Å². The number of ether oxygens (including phenoxy) is 1. The van der Waals surface area contributed by atoms with E-state index in [-0.39, 0.29) is 24.9 Å². The second-order valence-electron chi connectivity index (χ2n) is 4.90. The Bertz CT molecular complexity index is 541. The maximum Gasteiger partial charge on any atom is 0.310 e. The number of carbonyl (C=O) groups excluding carboxylic acids is 2. The fourth-order valence-corrected chi connectivity index (χ4v) is 2.01. The molecule has 0 aliphatic heterocycles. The average Bonchev–Trinajstić information content (AvgIpc) is 2.53. The summed E-state index contributed by atoms with van der Waals surface area (Å²) in [6.07, 6.45) is 0.581. The molecule has 0 aromatic heterocycles. The Hall–Kier alpha value is -2.62. The number of carbonyl (C=O) groups is 2. The maximum absolute atomic E-state index is 11.7. The van der Waals surface area contributed by atoms with Crippen LogP contribution in [0.4, 0.5) is 0 Å². The predicted octanol–water partition coefficient (Wildman–Crippen LogP) is 2.13. The number of benzene rings is 2. The minimum Gasteiger partial charge on any atom is -0.464 e. The first kappa shape index (κ1) is 15.8. The Labute approximate surface area is 130 Å². The standard InChI is InChI=1S/C18H19NO3/c20-17(13-15-7-3-1-4-8-15)19-11-12-22-18(21)14-16-9-5-2-6-10-16/h1-10H,11-14H2,(H,19,20). The molecule has 0 aliphatic rings. The molecule has 0 spiro atoms. The van der Waals surface area contributed by atoms with E-state index in [4.69, 9.17) is 4.74 Å². The minimum atomic E-state index is -0.288. The van der Waals surface area contributed by atoms with E-state index in [2.05, 4.69) is 5.32 Å². The molecule has 0 saturated heterocycles. The highest BCUT2D eigenvalue weighted by Crippen LogP contribution is 2.01. The van der Waals surface area contributed by atoms with Gasteiger partial charge in [-0.05, 0) is 11.1 Å². The molecule has 0 radical (unpaired) electrons. The van der Waals surface area contributed by atoms with Gasteiger partial charge in [0.1, 0.15) is 6.61 Å². The fraction of sp³-hybridized carbons (Fsp3) is 0.222. The first-order valence-corrected chi connectivity index (χ1v) is 7.24. The zero-order valence-electron chi connectivity index (χ0n) is 12.3. The van der Waals surface area contributed by atoms with Gasteiger partial charge in [0.15, 0.2) is 0 Å². The third-order valence-electron chi connectivity index (χ3n) is 3.09. The molecule has 2 aromatic carbocycles. The van der Waals surface area contributed by atoms with Crippen molar-refractivity contribution in [1.29, 1.82) is 0 Å². The molecule has 2 rings (SSSR count). The first-order chi connectivity index (χ1) is 10.7. The largest absolute Gasteiger partial charge is 0.464 e. The van der Waals surface area contributed by atoms with Gasteiger partial charge in [0, 0.05) is 0 Å². The van der Waals surface area contributed by atoms with Gasteiger partial charge in [-0.25, -0.2) is 0 Å². The van der Waals surface area contributed by atoms with Crippen LogP contribution in [-0.2, 0) is 27.2 Å². The number of esters is 1. The van der Waals surface area contributed by atoms with Crippen LogP contribution in [0.2, 0.25) is 0 Å². The lowest BCUT2D eigenvalue weighted by atomic mass is 10.1. The number of nitrogens with one attached hydrogen (secondary N) is 1. The van der Waals surface area contributed by atoms with Crippen LogP contribution < -0.4 is 5.32 Å². The average molecular weight is 297 g/mol. The van der Waals surface area contributed by atoms with Crippen molar-refractivity contribution in [3.8, 4) is 0 Å². The Kier molecular flexibility index (Phi) is 6.18. The lowest BCUT2D eigenvalue weighted by molar-refractivity contribution is -0.143. The van der Waals surface area contributed by atoms with Crippen molar-refractivity contribution >= 4 is 11.9 Å². The molecule has 2 aromatic rings. The summed E-state index contributed by atoms with van der Waals surface area (Å²) in [7, 11) is 0.